The van der Waals surface area contributed by atoms with Gasteiger partial charge in [-0.15, -0.1) is 0 Å². The zero-order valence-corrected chi connectivity index (χ0v) is 12.0. The highest BCUT2D eigenvalue weighted by Crippen LogP contribution is 2.15. The molecule has 1 aromatic carbocycles. The van der Waals surface area contributed by atoms with Crippen LogP contribution in [0.2, 0.25) is 0 Å². The molecular weight excluding hydrogens is 305 g/mol. The second-order valence-electron chi connectivity index (χ2n) is 3.73. The number of nitrogens with one attached hydrogen (secondary N) is 1. The molecule has 100 valence electrons. The number of hydrogen-bond donors (Lipinski definition) is 1. The lowest BCUT2D eigenvalue weighted by molar-refractivity contribution is -0.117. The Morgan fingerprint density at radius 1 is 1.39 bits per heavy atom. The van der Waals surface area contributed by atoms with Gasteiger partial charge in [0.2, 0.25) is 0 Å². The topological polar surface area (TPSA) is 47.6 Å². The van der Waals surface area contributed by atoms with Crippen molar-refractivity contribution in [3.8, 4) is 0 Å². The van der Waals surface area contributed by atoms with E-state index in [0.29, 0.717) is 4.47 Å². The fraction of sp³-hybridized carbons (Fsp3) is 0.417. The highest BCUT2D eigenvalue weighted by molar-refractivity contribution is 9.10. The first-order chi connectivity index (χ1) is 8.49. The van der Waals surface area contributed by atoms with E-state index < -0.39 is 24.1 Å². The van der Waals surface area contributed by atoms with Crippen LogP contribution in [-0.2, 0) is 9.47 Å². The molecule has 18 heavy (non-hydrogen) atoms. The van der Waals surface area contributed by atoms with E-state index in [1.165, 1.54) is 26.4 Å². The third kappa shape index (κ3) is 3.76. The highest BCUT2D eigenvalue weighted by atomic mass is 79.9. The van der Waals surface area contributed by atoms with Crippen LogP contribution in [0.4, 0.5) is 4.39 Å². The van der Waals surface area contributed by atoms with Gasteiger partial charge in [0.15, 0.2) is 6.29 Å². The summed E-state index contributed by atoms with van der Waals surface area (Å²) in [5.74, 6) is -1.09. The fourth-order valence-corrected chi connectivity index (χ4v) is 1.86. The van der Waals surface area contributed by atoms with Gasteiger partial charge in [0.1, 0.15) is 5.82 Å². The average Bonchev–Trinajstić information content (AvgIpc) is 2.30. The number of carbonyl (C=O) groups is 1. The maximum Gasteiger partial charge on any atom is 0.254 e. The van der Waals surface area contributed by atoms with Gasteiger partial charge in [-0.1, -0.05) is 15.9 Å². The molecule has 0 fully saturated rings. The average molecular weight is 320 g/mol. The van der Waals surface area contributed by atoms with Crippen molar-refractivity contribution in [2.75, 3.05) is 14.2 Å². The Hall–Kier alpha value is -0.980. The summed E-state index contributed by atoms with van der Waals surface area (Å²) in [4.78, 5) is 11.8. The van der Waals surface area contributed by atoms with Crippen molar-refractivity contribution in [2.45, 2.75) is 19.3 Å². The molecule has 0 aliphatic rings. The number of carbonyl (C=O) groups excluding carboxylic acids is 1. The fourth-order valence-electron chi connectivity index (χ4n) is 1.53. The monoisotopic (exact) mass is 319 g/mol. The molecule has 1 aromatic rings. The van der Waals surface area contributed by atoms with Crippen molar-refractivity contribution in [2.24, 2.45) is 0 Å². The maximum absolute atomic E-state index is 13.6. The largest absolute Gasteiger partial charge is 0.354 e. The molecule has 1 unspecified atom stereocenters. The van der Waals surface area contributed by atoms with Crippen LogP contribution < -0.4 is 5.32 Å². The number of ether oxygens (including phenoxy) is 2. The van der Waals surface area contributed by atoms with Gasteiger partial charge in [0, 0.05) is 18.7 Å². The van der Waals surface area contributed by atoms with Gasteiger partial charge >= 0.3 is 0 Å². The highest BCUT2D eigenvalue weighted by Gasteiger charge is 2.20. The summed E-state index contributed by atoms with van der Waals surface area (Å²) in [7, 11) is 2.94. The minimum Gasteiger partial charge on any atom is -0.354 e. The van der Waals surface area contributed by atoms with Crippen LogP contribution in [0.3, 0.4) is 0 Å². The van der Waals surface area contributed by atoms with Crippen molar-refractivity contribution >= 4 is 21.8 Å². The third-order valence-corrected chi connectivity index (χ3v) is 2.90. The van der Waals surface area contributed by atoms with E-state index in [1.807, 2.05) is 0 Å². The van der Waals surface area contributed by atoms with E-state index in [-0.39, 0.29) is 5.56 Å². The molecule has 0 saturated heterocycles. The van der Waals surface area contributed by atoms with Crippen molar-refractivity contribution < 1.29 is 18.7 Å². The predicted octanol–water partition coefficient (Wildman–Crippen LogP) is 2.33. The van der Waals surface area contributed by atoms with Crippen LogP contribution in [0.25, 0.3) is 0 Å². The van der Waals surface area contributed by atoms with Gasteiger partial charge in [-0.2, -0.15) is 0 Å². The molecule has 0 aromatic heterocycles. The molecule has 0 spiro atoms. The van der Waals surface area contributed by atoms with Crippen LogP contribution >= 0.6 is 15.9 Å². The second kappa shape index (κ2) is 6.82. The van der Waals surface area contributed by atoms with E-state index in [0.717, 1.165) is 0 Å². The van der Waals surface area contributed by atoms with Crippen LogP contribution in [0.5, 0.6) is 0 Å². The number of hydrogen-bond acceptors (Lipinski definition) is 3. The lowest BCUT2D eigenvalue weighted by Crippen LogP contribution is -2.43. The minimum atomic E-state index is -0.583. The quantitative estimate of drug-likeness (QED) is 0.847. The van der Waals surface area contributed by atoms with Crippen LogP contribution in [-0.4, -0.2) is 32.5 Å². The molecule has 4 nitrogen and oxygen atoms in total. The number of benzene rings is 1. The number of amides is 1. The number of methoxy groups -OCH3 is 2. The minimum absolute atomic E-state index is 0.0176. The van der Waals surface area contributed by atoms with E-state index in [2.05, 4.69) is 21.2 Å². The molecule has 0 radical (unpaired) electrons. The summed E-state index contributed by atoms with van der Waals surface area (Å²) in [6, 6.07) is 3.86. The lowest BCUT2D eigenvalue weighted by Gasteiger charge is -2.22. The smallest absolute Gasteiger partial charge is 0.254 e. The Balaban J connectivity index is 2.76. The molecule has 1 rings (SSSR count). The Morgan fingerprint density at radius 3 is 2.50 bits per heavy atom. The Kier molecular flexibility index (Phi) is 5.71. The number of rotatable bonds is 5. The zero-order valence-electron chi connectivity index (χ0n) is 10.4. The normalized spacial score (nSPS) is 12.6. The zero-order chi connectivity index (χ0) is 13.7. The Labute approximate surface area is 114 Å². The maximum atomic E-state index is 13.6. The van der Waals surface area contributed by atoms with Gasteiger partial charge in [0.25, 0.3) is 5.91 Å². The first-order valence-corrected chi connectivity index (χ1v) is 6.10. The second-order valence-corrected chi connectivity index (χ2v) is 4.64. The van der Waals surface area contributed by atoms with E-state index in [4.69, 9.17) is 9.47 Å². The van der Waals surface area contributed by atoms with Gasteiger partial charge in [-0.25, -0.2) is 4.39 Å². The van der Waals surface area contributed by atoms with E-state index >= 15 is 0 Å². The van der Waals surface area contributed by atoms with Crippen molar-refractivity contribution in [3.05, 3.63) is 34.1 Å². The Bertz CT molecular complexity index is 424. The van der Waals surface area contributed by atoms with Gasteiger partial charge in [-0.3, -0.25) is 4.79 Å². The van der Waals surface area contributed by atoms with E-state index in [9.17, 15) is 9.18 Å². The summed E-state index contributed by atoms with van der Waals surface area (Å²) in [6.45, 7) is 1.71. The molecule has 6 heteroatoms. The Morgan fingerprint density at radius 2 is 2.00 bits per heavy atom. The first-order valence-electron chi connectivity index (χ1n) is 5.31. The molecule has 0 aliphatic heterocycles. The lowest BCUT2D eigenvalue weighted by atomic mass is 10.2. The molecule has 0 aliphatic carbocycles. The van der Waals surface area contributed by atoms with E-state index in [1.54, 1.807) is 13.0 Å². The summed E-state index contributed by atoms with van der Waals surface area (Å²) in [6.07, 6.45) is -0.576. The van der Waals surface area contributed by atoms with Gasteiger partial charge in [-0.05, 0) is 25.1 Å². The molecule has 1 N–H and O–H groups in total. The molecule has 1 atom stereocenters. The summed E-state index contributed by atoms with van der Waals surface area (Å²) >= 11 is 3.13. The van der Waals surface area contributed by atoms with Gasteiger partial charge < -0.3 is 14.8 Å². The SMILES string of the molecule is COC(OC)C(C)NC(=O)c1ccc(Br)cc1F. The molecule has 0 bridgehead atoms. The molecule has 1 amide bonds. The summed E-state index contributed by atoms with van der Waals surface area (Å²) in [5.41, 5.74) is -0.0176. The van der Waals surface area contributed by atoms with Crippen molar-refractivity contribution in [3.63, 3.8) is 0 Å². The molecule has 0 heterocycles. The predicted molar refractivity (Wildman–Crippen MR) is 68.8 cm³/mol. The first kappa shape index (κ1) is 15.1. The van der Waals surface area contributed by atoms with Crippen molar-refractivity contribution in [1.29, 1.82) is 0 Å². The standard InChI is InChI=1S/C12H15BrFNO3/c1-7(12(17-2)18-3)15-11(16)9-5-4-8(13)6-10(9)14/h4-7,12H,1-3H3,(H,15,16). The van der Waals surface area contributed by atoms with Crippen LogP contribution in [0.1, 0.15) is 17.3 Å². The third-order valence-electron chi connectivity index (χ3n) is 2.41. The molecule has 0 saturated carbocycles. The summed E-state index contributed by atoms with van der Waals surface area (Å²) < 4.78 is 24.2. The van der Waals surface area contributed by atoms with Crippen LogP contribution in [0.15, 0.2) is 22.7 Å². The van der Waals surface area contributed by atoms with Gasteiger partial charge in [0.05, 0.1) is 11.6 Å². The molecular formula is C12H15BrFNO3. The number of halogens is 2. The summed E-state index contributed by atoms with van der Waals surface area (Å²) in [5, 5.41) is 2.61. The van der Waals surface area contributed by atoms with Crippen LogP contribution in [0, 0.1) is 5.82 Å². The van der Waals surface area contributed by atoms with Crippen molar-refractivity contribution in [1.82, 2.24) is 5.32 Å².